The third kappa shape index (κ3) is 2.12. The number of nitrogens with one attached hydrogen (secondary N) is 1. The number of nitrogens with zero attached hydrogens (tertiary/aromatic N) is 3. The molecule has 1 saturated carbocycles. The van der Waals surface area contributed by atoms with E-state index in [9.17, 15) is 0 Å². The standard InChI is InChI=1S/C15H14ClN5O/c16-10-5-2-1-4-9(10)11-8-12(20-19-11)13-18-14(21-22-13)15(17)6-3-7-15/h1-2,4-5,8H,3,6-7,17H2,(H,19,20). The van der Waals surface area contributed by atoms with E-state index in [4.69, 9.17) is 21.9 Å². The lowest BCUT2D eigenvalue weighted by Gasteiger charge is -2.34. The maximum atomic E-state index is 6.20. The minimum Gasteiger partial charge on any atom is -0.332 e. The fourth-order valence-corrected chi connectivity index (χ4v) is 2.79. The van der Waals surface area contributed by atoms with E-state index in [-0.39, 0.29) is 0 Å². The number of hydrogen-bond acceptors (Lipinski definition) is 5. The Kier molecular flexibility index (Phi) is 3.02. The number of halogens is 1. The third-order valence-electron chi connectivity index (χ3n) is 4.08. The second-order valence-corrected chi connectivity index (χ2v) is 5.99. The molecule has 112 valence electrons. The van der Waals surface area contributed by atoms with Crippen LogP contribution in [0.2, 0.25) is 5.02 Å². The molecule has 1 aliphatic carbocycles. The smallest absolute Gasteiger partial charge is 0.276 e. The molecule has 6 nitrogen and oxygen atoms in total. The number of H-pyrrole nitrogens is 1. The fraction of sp³-hybridized carbons (Fsp3) is 0.267. The number of rotatable bonds is 3. The summed E-state index contributed by atoms with van der Waals surface area (Å²) in [6.45, 7) is 0. The monoisotopic (exact) mass is 315 g/mol. The normalized spacial score (nSPS) is 16.5. The van der Waals surface area contributed by atoms with Gasteiger partial charge in [-0.2, -0.15) is 10.1 Å². The van der Waals surface area contributed by atoms with Crippen molar-refractivity contribution in [1.29, 1.82) is 0 Å². The molecule has 3 N–H and O–H groups in total. The molecule has 3 aromatic rings. The second kappa shape index (κ2) is 4.93. The van der Waals surface area contributed by atoms with Crippen molar-refractivity contribution in [1.82, 2.24) is 20.3 Å². The van der Waals surface area contributed by atoms with Gasteiger partial charge in [-0.05, 0) is 31.4 Å². The summed E-state index contributed by atoms with van der Waals surface area (Å²) >= 11 is 6.18. The highest BCUT2D eigenvalue weighted by molar-refractivity contribution is 6.33. The van der Waals surface area contributed by atoms with Crippen molar-refractivity contribution >= 4 is 11.6 Å². The SMILES string of the molecule is NC1(c2noc(-c3cc(-c4ccccc4Cl)n[nH]3)n2)CCC1. The van der Waals surface area contributed by atoms with Crippen molar-refractivity contribution < 1.29 is 4.52 Å². The molecule has 1 aromatic carbocycles. The van der Waals surface area contributed by atoms with Gasteiger partial charge in [-0.1, -0.05) is 35.0 Å². The molecule has 0 saturated heterocycles. The lowest BCUT2D eigenvalue weighted by atomic mass is 9.77. The van der Waals surface area contributed by atoms with Crippen LogP contribution in [-0.4, -0.2) is 20.3 Å². The molecule has 0 radical (unpaired) electrons. The molecular formula is C15H14ClN5O. The Balaban J connectivity index is 1.66. The first-order chi connectivity index (χ1) is 10.7. The first kappa shape index (κ1) is 13.5. The van der Waals surface area contributed by atoms with Crippen LogP contribution in [0.15, 0.2) is 34.9 Å². The van der Waals surface area contributed by atoms with Gasteiger partial charge in [0.1, 0.15) is 5.69 Å². The maximum Gasteiger partial charge on any atom is 0.276 e. The van der Waals surface area contributed by atoms with Crippen molar-refractivity contribution in [3.05, 3.63) is 41.2 Å². The molecule has 22 heavy (non-hydrogen) atoms. The van der Waals surface area contributed by atoms with Crippen LogP contribution in [0.5, 0.6) is 0 Å². The molecule has 0 aliphatic heterocycles. The highest BCUT2D eigenvalue weighted by atomic mass is 35.5. The molecule has 2 aromatic heterocycles. The van der Waals surface area contributed by atoms with Gasteiger partial charge in [-0.15, -0.1) is 0 Å². The largest absolute Gasteiger partial charge is 0.332 e. The zero-order chi connectivity index (χ0) is 15.2. The van der Waals surface area contributed by atoms with E-state index in [1.807, 2.05) is 30.3 Å². The van der Waals surface area contributed by atoms with E-state index < -0.39 is 5.54 Å². The summed E-state index contributed by atoms with van der Waals surface area (Å²) in [5.41, 5.74) is 7.99. The van der Waals surface area contributed by atoms with Gasteiger partial charge in [-0.3, -0.25) is 5.10 Å². The fourth-order valence-electron chi connectivity index (χ4n) is 2.55. The predicted molar refractivity (Wildman–Crippen MR) is 82.0 cm³/mol. The Bertz CT molecular complexity index is 821. The zero-order valence-electron chi connectivity index (χ0n) is 11.7. The average molecular weight is 316 g/mol. The van der Waals surface area contributed by atoms with E-state index >= 15 is 0 Å². The van der Waals surface area contributed by atoms with Crippen molar-refractivity contribution in [2.24, 2.45) is 5.73 Å². The van der Waals surface area contributed by atoms with Crippen molar-refractivity contribution in [3.63, 3.8) is 0 Å². The van der Waals surface area contributed by atoms with Gasteiger partial charge in [0.2, 0.25) is 0 Å². The van der Waals surface area contributed by atoms with Crippen molar-refractivity contribution in [2.45, 2.75) is 24.8 Å². The van der Waals surface area contributed by atoms with Gasteiger partial charge in [0.05, 0.1) is 16.3 Å². The van der Waals surface area contributed by atoms with E-state index in [1.54, 1.807) is 0 Å². The Morgan fingerprint density at radius 2 is 2.09 bits per heavy atom. The van der Waals surface area contributed by atoms with Crippen LogP contribution in [-0.2, 0) is 5.54 Å². The van der Waals surface area contributed by atoms with E-state index in [1.165, 1.54) is 0 Å². The Labute approximate surface area is 131 Å². The number of benzene rings is 1. The van der Waals surface area contributed by atoms with Gasteiger partial charge in [0, 0.05) is 5.56 Å². The zero-order valence-corrected chi connectivity index (χ0v) is 12.5. The molecule has 4 rings (SSSR count). The van der Waals surface area contributed by atoms with Crippen molar-refractivity contribution in [3.8, 4) is 22.8 Å². The van der Waals surface area contributed by atoms with Crippen LogP contribution < -0.4 is 5.73 Å². The van der Waals surface area contributed by atoms with E-state index in [0.29, 0.717) is 22.4 Å². The summed E-state index contributed by atoms with van der Waals surface area (Å²) in [6, 6.07) is 9.36. The number of hydrogen-bond donors (Lipinski definition) is 2. The van der Waals surface area contributed by atoms with Crippen LogP contribution in [0.4, 0.5) is 0 Å². The van der Waals surface area contributed by atoms with Gasteiger partial charge in [-0.25, -0.2) is 0 Å². The molecule has 2 heterocycles. The molecule has 0 spiro atoms. The molecule has 0 atom stereocenters. The summed E-state index contributed by atoms with van der Waals surface area (Å²) in [5, 5.41) is 11.8. The number of aromatic nitrogens is 4. The predicted octanol–water partition coefficient (Wildman–Crippen LogP) is 3.12. The highest BCUT2D eigenvalue weighted by Crippen LogP contribution is 2.37. The first-order valence-electron chi connectivity index (χ1n) is 7.09. The molecule has 1 fully saturated rings. The number of aromatic amines is 1. The highest BCUT2D eigenvalue weighted by Gasteiger charge is 2.39. The quantitative estimate of drug-likeness (QED) is 0.774. The van der Waals surface area contributed by atoms with Crippen molar-refractivity contribution in [2.75, 3.05) is 0 Å². The summed E-state index contributed by atoms with van der Waals surface area (Å²) in [4.78, 5) is 4.40. The Morgan fingerprint density at radius 3 is 2.82 bits per heavy atom. The molecule has 0 bridgehead atoms. The van der Waals surface area contributed by atoms with Gasteiger partial charge in [0.15, 0.2) is 5.82 Å². The molecule has 7 heteroatoms. The molecule has 0 amide bonds. The summed E-state index contributed by atoms with van der Waals surface area (Å²) in [7, 11) is 0. The lowest BCUT2D eigenvalue weighted by Crippen LogP contribution is -2.44. The lowest BCUT2D eigenvalue weighted by molar-refractivity contribution is 0.229. The van der Waals surface area contributed by atoms with Crippen LogP contribution in [0.3, 0.4) is 0 Å². The third-order valence-corrected chi connectivity index (χ3v) is 4.40. The average Bonchev–Trinajstić information content (AvgIpc) is 3.14. The van der Waals surface area contributed by atoms with Gasteiger partial charge < -0.3 is 10.3 Å². The minimum absolute atomic E-state index is 0.387. The molecule has 1 aliphatic rings. The molecular weight excluding hydrogens is 302 g/mol. The maximum absolute atomic E-state index is 6.20. The second-order valence-electron chi connectivity index (χ2n) is 5.58. The summed E-state index contributed by atoms with van der Waals surface area (Å²) in [5.74, 6) is 0.945. The number of nitrogens with two attached hydrogens (primary N) is 1. The molecule has 0 unspecified atom stereocenters. The van der Waals surface area contributed by atoms with E-state index in [2.05, 4.69) is 20.3 Å². The Hall–Kier alpha value is -2.18. The van der Waals surface area contributed by atoms with Crippen LogP contribution in [0.25, 0.3) is 22.8 Å². The van der Waals surface area contributed by atoms with Crippen LogP contribution in [0, 0.1) is 0 Å². The van der Waals surface area contributed by atoms with E-state index in [0.717, 1.165) is 30.5 Å². The summed E-state index contributed by atoms with van der Waals surface area (Å²) < 4.78 is 5.31. The summed E-state index contributed by atoms with van der Waals surface area (Å²) in [6.07, 6.45) is 2.88. The Morgan fingerprint density at radius 1 is 1.27 bits per heavy atom. The van der Waals surface area contributed by atoms with Gasteiger partial charge in [0.25, 0.3) is 5.89 Å². The topological polar surface area (TPSA) is 93.6 Å². The van der Waals surface area contributed by atoms with Crippen LogP contribution in [0.1, 0.15) is 25.1 Å². The minimum atomic E-state index is -0.437. The first-order valence-corrected chi connectivity index (χ1v) is 7.47. The van der Waals surface area contributed by atoms with Crippen LogP contribution >= 0.6 is 11.6 Å². The van der Waals surface area contributed by atoms with Gasteiger partial charge >= 0.3 is 0 Å².